The van der Waals surface area contributed by atoms with E-state index in [4.69, 9.17) is 4.74 Å². The van der Waals surface area contributed by atoms with Crippen LogP contribution >= 0.6 is 0 Å². The van der Waals surface area contributed by atoms with E-state index in [-0.39, 0.29) is 0 Å². The molecule has 0 unspecified atom stereocenters. The molecule has 0 fully saturated rings. The smallest absolute Gasteiger partial charge is 0.122 e. The van der Waals surface area contributed by atoms with Gasteiger partial charge in [-0.2, -0.15) is 0 Å². The van der Waals surface area contributed by atoms with Crippen molar-refractivity contribution in [2.45, 2.75) is 13.0 Å². The zero-order chi connectivity index (χ0) is 11.9. The molecule has 17 heavy (non-hydrogen) atoms. The first-order valence-electron chi connectivity index (χ1n) is 5.70. The summed E-state index contributed by atoms with van der Waals surface area (Å²) in [6, 6.07) is 8.11. The third-order valence-corrected chi connectivity index (χ3v) is 2.63. The van der Waals surface area contributed by atoms with E-state index >= 15 is 0 Å². The van der Waals surface area contributed by atoms with Gasteiger partial charge in [-0.05, 0) is 24.6 Å². The van der Waals surface area contributed by atoms with Gasteiger partial charge in [0.2, 0.25) is 0 Å². The third-order valence-electron chi connectivity index (χ3n) is 2.63. The summed E-state index contributed by atoms with van der Waals surface area (Å²) in [5.74, 6) is 0.954. The highest BCUT2D eigenvalue weighted by Crippen LogP contribution is 2.17. The van der Waals surface area contributed by atoms with Gasteiger partial charge in [0.05, 0.1) is 13.4 Å². The lowest BCUT2D eigenvalue weighted by molar-refractivity contribution is 0.409. The van der Waals surface area contributed by atoms with Crippen LogP contribution in [0.3, 0.4) is 0 Å². The topological polar surface area (TPSA) is 49.9 Å². The monoisotopic (exact) mass is 231 g/mol. The van der Waals surface area contributed by atoms with E-state index in [1.165, 1.54) is 5.56 Å². The molecule has 4 heteroatoms. The van der Waals surface area contributed by atoms with Gasteiger partial charge in [-0.3, -0.25) is 0 Å². The number of rotatable bonds is 6. The fraction of sp³-hybridized carbons (Fsp3) is 0.308. The van der Waals surface area contributed by atoms with E-state index in [1.54, 1.807) is 13.4 Å². The van der Waals surface area contributed by atoms with Gasteiger partial charge < -0.3 is 15.0 Å². The van der Waals surface area contributed by atoms with Crippen molar-refractivity contribution in [2.24, 2.45) is 0 Å². The van der Waals surface area contributed by atoms with Gasteiger partial charge in [0.15, 0.2) is 0 Å². The quantitative estimate of drug-likeness (QED) is 0.745. The summed E-state index contributed by atoms with van der Waals surface area (Å²) < 4.78 is 5.30. The van der Waals surface area contributed by atoms with Gasteiger partial charge in [-0.1, -0.05) is 18.2 Å². The number of ether oxygens (including phenoxy) is 1. The minimum atomic E-state index is 0.815. The Morgan fingerprint density at radius 3 is 3.00 bits per heavy atom. The van der Waals surface area contributed by atoms with Gasteiger partial charge in [-0.15, -0.1) is 0 Å². The van der Waals surface area contributed by atoms with E-state index in [1.807, 2.05) is 24.4 Å². The van der Waals surface area contributed by atoms with Gasteiger partial charge in [-0.25, -0.2) is 4.98 Å². The predicted molar refractivity (Wildman–Crippen MR) is 67.0 cm³/mol. The number of nitrogens with one attached hydrogen (secondary N) is 2. The number of imidazole rings is 1. The molecule has 2 rings (SSSR count). The molecule has 0 amide bonds. The SMILES string of the molecule is COc1ccccc1CCNCc1cnc[nH]1. The lowest BCUT2D eigenvalue weighted by atomic mass is 10.1. The molecule has 2 N–H and O–H groups in total. The van der Waals surface area contributed by atoms with E-state index < -0.39 is 0 Å². The maximum atomic E-state index is 5.30. The molecule has 0 spiro atoms. The molecule has 0 saturated heterocycles. The number of methoxy groups -OCH3 is 1. The first-order chi connectivity index (χ1) is 8.40. The molecule has 0 saturated carbocycles. The molecular weight excluding hydrogens is 214 g/mol. The Kier molecular flexibility index (Phi) is 4.16. The Morgan fingerprint density at radius 1 is 1.35 bits per heavy atom. The number of para-hydroxylation sites is 1. The van der Waals surface area contributed by atoms with Crippen LogP contribution in [0.1, 0.15) is 11.3 Å². The summed E-state index contributed by atoms with van der Waals surface area (Å²) in [7, 11) is 1.71. The Morgan fingerprint density at radius 2 is 2.24 bits per heavy atom. The standard InChI is InChI=1S/C13H17N3O/c1-17-13-5-3-2-4-11(13)6-7-14-8-12-9-15-10-16-12/h2-5,9-10,14H,6-8H2,1H3,(H,15,16). The highest BCUT2D eigenvalue weighted by atomic mass is 16.5. The van der Waals surface area contributed by atoms with Crippen molar-refractivity contribution in [3.8, 4) is 5.75 Å². The Bertz CT molecular complexity index is 440. The van der Waals surface area contributed by atoms with E-state index in [2.05, 4.69) is 21.4 Å². The van der Waals surface area contributed by atoms with Crippen LogP contribution in [-0.2, 0) is 13.0 Å². The molecule has 4 nitrogen and oxygen atoms in total. The van der Waals surface area contributed by atoms with Crippen LogP contribution in [0, 0.1) is 0 Å². The van der Waals surface area contributed by atoms with Crippen molar-refractivity contribution in [1.29, 1.82) is 0 Å². The molecule has 2 aromatic rings. The van der Waals surface area contributed by atoms with Crippen LogP contribution in [0.5, 0.6) is 5.75 Å². The molecule has 0 aliphatic rings. The fourth-order valence-electron chi connectivity index (χ4n) is 1.74. The van der Waals surface area contributed by atoms with Crippen molar-refractivity contribution in [1.82, 2.24) is 15.3 Å². The van der Waals surface area contributed by atoms with E-state index in [9.17, 15) is 0 Å². The minimum absolute atomic E-state index is 0.815. The number of aromatic nitrogens is 2. The van der Waals surface area contributed by atoms with Crippen LogP contribution < -0.4 is 10.1 Å². The van der Waals surface area contributed by atoms with Crippen LogP contribution in [0.15, 0.2) is 36.8 Å². The van der Waals surface area contributed by atoms with Crippen LogP contribution in [0.2, 0.25) is 0 Å². The van der Waals surface area contributed by atoms with Gasteiger partial charge in [0, 0.05) is 18.4 Å². The summed E-state index contributed by atoms with van der Waals surface area (Å²) in [5, 5.41) is 3.36. The summed E-state index contributed by atoms with van der Waals surface area (Å²) >= 11 is 0. The summed E-state index contributed by atoms with van der Waals surface area (Å²) in [6.45, 7) is 1.73. The molecule has 1 aromatic heterocycles. The first-order valence-corrected chi connectivity index (χ1v) is 5.70. The number of benzene rings is 1. The first kappa shape index (κ1) is 11.7. The molecule has 0 radical (unpaired) electrons. The van der Waals surface area contributed by atoms with Crippen molar-refractivity contribution < 1.29 is 4.74 Å². The number of nitrogens with zero attached hydrogens (tertiary/aromatic N) is 1. The third kappa shape index (κ3) is 3.32. The molecule has 0 aliphatic carbocycles. The fourth-order valence-corrected chi connectivity index (χ4v) is 1.74. The highest BCUT2D eigenvalue weighted by molar-refractivity contribution is 5.33. The molecule has 0 aliphatic heterocycles. The van der Waals surface area contributed by atoms with Crippen LogP contribution in [-0.4, -0.2) is 23.6 Å². The van der Waals surface area contributed by atoms with Gasteiger partial charge >= 0.3 is 0 Å². The molecule has 0 atom stereocenters. The lowest BCUT2D eigenvalue weighted by Crippen LogP contribution is -2.17. The summed E-state index contributed by atoms with van der Waals surface area (Å²) in [5.41, 5.74) is 2.33. The summed E-state index contributed by atoms with van der Waals surface area (Å²) in [6.07, 6.45) is 4.48. The minimum Gasteiger partial charge on any atom is -0.496 e. The van der Waals surface area contributed by atoms with E-state index in [0.717, 1.165) is 31.0 Å². The Hall–Kier alpha value is -1.81. The van der Waals surface area contributed by atoms with Crippen LogP contribution in [0.4, 0.5) is 0 Å². The zero-order valence-electron chi connectivity index (χ0n) is 9.94. The molecule has 90 valence electrons. The maximum absolute atomic E-state index is 5.30. The van der Waals surface area contributed by atoms with Crippen molar-refractivity contribution in [3.63, 3.8) is 0 Å². The normalized spacial score (nSPS) is 10.4. The Labute approximate surface area is 101 Å². The number of H-pyrrole nitrogens is 1. The number of hydrogen-bond acceptors (Lipinski definition) is 3. The van der Waals surface area contributed by atoms with Crippen molar-refractivity contribution in [3.05, 3.63) is 48.0 Å². The second kappa shape index (κ2) is 6.06. The van der Waals surface area contributed by atoms with Gasteiger partial charge in [0.25, 0.3) is 0 Å². The second-order valence-electron chi connectivity index (χ2n) is 3.82. The molecule has 0 bridgehead atoms. The van der Waals surface area contributed by atoms with Gasteiger partial charge in [0.1, 0.15) is 5.75 Å². The summed E-state index contributed by atoms with van der Waals surface area (Å²) in [4.78, 5) is 7.03. The lowest BCUT2D eigenvalue weighted by Gasteiger charge is -2.08. The van der Waals surface area contributed by atoms with E-state index in [0.29, 0.717) is 0 Å². The highest BCUT2D eigenvalue weighted by Gasteiger charge is 2.00. The molecule has 1 aromatic carbocycles. The predicted octanol–water partition coefficient (Wildman–Crippen LogP) is 1.75. The molecule has 1 heterocycles. The average molecular weight is 231 g/mol. The largest absolute Gasteiger partial charge is 0.496 e. The Balaban J connectivity index is 1.78. The number of hydrogen-bond donors (Lipinski definition) is 2. The molecular formula is C13H17N3O. The average Bonchev–Trinajstić information content (AvgIpc) is 2.88. The van der Waals surface area contributed by atoms with Crippen LogP contribution in [0.25, 0.3) is 0 Å². The van der Waals surface area contributed by atoms with Crippen molar-refractivity contribution in [2.75, 3.05) is 13.7 Å². The zero-order valence-corrected chi connectivity index (χ0v) is 9.94. The number of aromatic amines is 1. The second-order valence-corrected chi connectivity index (χ2v) is 3.82. The maximum Gasteiger partial charge on any atom is 0.122 e. The van der Waals surface area contributed by atoms with Crippen molar-refractivity contribution >= 4 is 0 Å².